The summed E-state index contributed by atoms with van der Waals surface area (Å²) < 4.78 is 18.2. The van der Waals surface area contributed by atoms with Crippen LogP contribution in [0.15, 0.2) is 18.2 Å². The van der Waals surface area contributed by atoms with Gasteiger partial charge in [-0.05, 0) is 18.2 Å². The lowest BCUT2D eigenvalue weighted by molar-refractivity contribution is -0.133. The minimum absolute atomic E-state index is 0.0311. The standard InChI is InChI=1S/C10H11FO3S/c1-14-8-2-3-9(11)7(4-8)5-15-6-10(12)13/h2-4H,5-6H2,1H3,(H,12,13). The van der Waals surface area contributed by atoms with Gasteiger partial charge in [-0.15, -0.1) is 11.8 Å². The number of methoxy groups -OCH3 is 1. The summed E-state index contributed by atoms with van der Waals surface area (Å²) in [6.07, 6.45) is 0. The van der Waals surface area contributed by atoms with Crippen LogP contribution in [0.3, 0.4) is 0 Å². The van der Waals surface area contributed by atoms with E-state index in [0.717, 1.165) is 11.8 Å². The summed E-state index contributed by atoms with van der Waals surface area (Å²) in [5, 5.41) is 8.42. The van der Waals surface area contributed by atoms with E-state index in [-0.39, 0.29) is 11.6 Å². The molecule has 3 nitrogen and oxygen atoms in total. The number of benzene rings is 1. The van der Waals surface area contributed by atoms with Gasteiger partial charge in [-0.3, -0.25) is 4.79 Å². The van der Waals surface area contributed by atoms with Gasteiger partial charge < -0.3 is 9.84 Å². The van der Waals surface area contributed by atoms with Gasteiger partial charge in [0.05, 0.1) is 12.9 Å². The number of hydrogen-bond donors (Lipinski definition) is 1. The van der Waals surface area contributed by atoms with Crippen LogP contribution in [-0.2, 0) is 10.5 Å². The van der Waals surface area contributed by atoms with Crippen molar-refractivity contribution >= 4 is 17.7 Å². The van der Waals surface area contributed by atoms with Gasteiger partial charge in [-0.2, -0.15) is 0 Å². The molecule has 0 aliphatic carbocycles. The zero-order chi connectivity index (χ0) is 11.3. The summed E-state index contributed by atoms with van der Waals surface area (Å²) in [5.74, 6) is -0.370. The molecule has 0 unspecified atom stereocenters. The molecule has 0 radical (unpaired) electrons. The molecule has 1 aromatic rings. The number of halogens is 1. The van der Waals surface area contributed by atoms with Gasteiger partial charge in [0.2, 0.25) is 0 Å². The number of carbonyl (C=O) groups is 1. The highest BCUT2D eigenvalue weighted by Crippen LogP contribution is 2.20. The molecule has 15 heavy (non-hydrogen) atoms. The van der Waals surface area contributed by atoms with E-state index < -0.39 is 5.97 Å². The van der Waals surface area contributed by atoms with Gasteiger partial charge in [0.25, 0.3) is 0 Å². The minimum Gasteiger partial charge on any atom is -0.497 e. The summed E-state index contributed by atoms with van der Waals surface area (Å²) in [7, 11) is 1.50. The van der Waals surface area contributed by atoms with Crippen LogP contribution in [0.4, 0.5) is 4.39 Å². The Morgan fingerprint density at radius 2 is 2.33 bits per heavy atom. The van der Waals surface area contributed by atoms with Crippen molar-refractivity contribution in [3.8, 4) is 5.75 Å². The van der Waals surface area contributed by atoms with Crippen molar-refractivity contribution in [3.05, 3.63) is 29.6 Å². The van der Waals surface area contributed by atoms with Crippen molar-refractivity contribution in [3.63, 3.8) is 0 Å². The molecular weight excluding hydrogens is 219 g/mol. The highest BCUT2D eigenvalue weighted by Gasteiger charge is 2.05. The highest BCUT2D eigenvalue weighted by atomic mass is 32.2. The summed E-state index contributed by atoms with van der Waals surface area (Å²) in [5.41, 5.74) is 0.459. The number of aliphatic carboxylic acids is 1. The SMILES string of the molecule is COc1ccc(F)c(CSCC(=O)O)c1. The third-order valence-corrected chi connectivity index (χ3v) is 2.70. The molecule has 82 valence electrons. The fourth-order valence-corrected chi connectivity index (χ4v) is 1.75. The average Bonchev–Trinajstić information content (AvgIpc) is 2.20. The molecule has 0 atom stereocenters. The number of ether oxygens (including phenoxy) is 1. The number of carboxylic acid groups (broad SMARTS) is 1. The average molecular weight is 230 g/mol. The Bertz CT molecular complexity index is 355. The molecule has 1 aromatic carbocycles. The van der Waals surface area contributed by atoms with E-state index in [1.165, 1.54) is 19.2 Å². The lowest BCUT2D eigenvalue weighted by atomic mass is 10.2. The second-order valence-corrected chi connectivity index (χ2v) is 3.83. The largest absolute Gasteiger partial charge is 0.497 e. The third kappa shape index (κ3) is 3.79. The first-order valence-corrected chi connectivity index (χ1v) is 5.41. The molecule has 0 bridgehead atoms. The lowest BCUT2D eigenvalue weighted by Crippen LogP contribution is -1.99. The van der Waals surface area contributed by atoms with Gasteiger partial charge in [0.15, 0.2) is 0 Å². The van der Waals surface area contributed by atoms with E-state index in [4.69, 9.17) is 9.84 Å². The van der Waals surface area contributed by atoms with E-state index in [9.17, 15) is 9.18 Å². The van der Waals surface area contributed by atoms with Crippen molar-refractivity contribution in [2.45, 2.75) is 5.75 Å². The van der Waals surface area contributed by atoms with Crippen LogP contribution in [0.25, 0.3) is 0 Å². The molecule has 0 fully saturated rings. The Kier molecular flexibility index (Phi) is 4.42. The van der Waals surface area contributed by atoms with Crippen molar-refractivity contribution < 1.29 is 19.0 Å². The second-order valence-electron chi connectivity index (χ2n) is 2.84. The van der Waals surface area contributed by atoms with Crippen molar-refractivity contribution in [2.75, 3.05) is 12.9 Å². The van der Waals surface area contributed by atoms with Gasteiger partial charge in [-0.1, -0.05) is 0 Å². The fraction of sp³-hybridized carbons (Fsp3) is 0.300. The van der Waals surface area contributed by atoms with Crippen LogP contribution in [-0.4, -0.2) is 23.9 Å². The summed E-state index contributed by atoms with van der Waals surface area (Å²) in [4.78, 5) is 10.3. The smallest absolute Gasteiger partial charge is 0.313 e. The first-order valence-electron chi connectivity index (χ1n) is 4.25. The zero-order valence-electron chi connectivity index (χ0n) is 8.20. The lowest BCUT2D eigenvalue weighted by Gasteiger charge is -2.05. The highest BCUT2D eigenvalue weighted by molar-refractivity contribution is 7.99. The molecule has 0 aliphatic heterocycles. The van der Waals surface area contributed by atoms with E-state index in [0.29, 0.717) is 17.1 Å². The molecular formula is C10H11FO3S. The Morgan fingerprint density at radius 3 is 2.93 bits per heavy atom. The molecule has 0 heterocycles. The summed E-state index contributed by atoms with van der Waals surface area (Å²) >= 11 is 1.15. The van der Waals surface area contributed by atoms with Crippen LogP contribution in [0.1, 0.15) is 5.56 Å². The first-order chi connectivity index (χ1) is 7.13. The number of carboxylic acids is 1. The topological polar surface area (TPSA) is 46.5 Å². The molecule has 0 aromatic heterocycles. The predicted molar refractivity (Wildman–Crippen MR) is 56.7 cm³/mol. The number of rotatable bonds is 5. The summed E-state index contributed by atoms with van der Waals surface area (Å²) in [6, 6.07) is 4.42. The van der Waals surface area contributed by atoms with Crippen LogP contribution in [0.5, 0.6) is 5.75 Å². The molecule has 0 aliphatic rings. The Morgan fingerprint density at radius 1 is 1.60 bits per heavy atom. The molecule has 1 rings (SSSR count). The molecule has 0 saturated heterocycles. The third-order valence-electron chi connectivity index (χ3n) is 1.74. The predicted octanol–water partition coefficient (Wildman–Crippen LogP) is 2.15. The van der Waals surface area contributed by atoms with Gasteiger partial charge >= 0.3 is 5.97 Å². The fourth-order valence-electron chi connectivity index (χ4n) is 1.04. The van der Waals surface area contributed by atoms with E-state index in [2.05, 4.69) is 0 Å². The quantitative estimate of drug-likeness (QED) is 0.842. The molecule has 0 amide bonds. The van der Waals surface area contributed by atoms with Crippen molar-refractivity contribution in [1.29, 1.82) is 0 Å². The van der Waals surface area contributed by atoms with E-state index >= 15 is 0 Å². The monoisotopic (exact) mass is 230 g/mol. The van der Waals surface area contributed by atoms with E-state index in [1.807, 2.05) is 0 Å². The van der Waals surface area contributed by atoms with E-state index in [1.54, 1.807) is 6.07 Å². The van der Waals surface area contributed by atoms with Gasteiger partial charge in [0.1, 0.15) is 11.6 Å². The molecule has 1 N–H and O–H groups in total. The van der Waals surface area contributed by atoms with Crippen LogP contribution in [0.2, 0.25) is 0 Å². The maximum Gasteiger partial charge on any atom is 0.313 e. The van der Waals surface area contributed by atoms with Gasteiger partial charge in [-0.25, -0.2) is 4.39 Å². The minimum atomic E-state index is -0.900. The van der Waals surface area contributed by atoms with Crippen molar-refractivity contribution in [2.24, 2.45) is 0 Å². The first kappa shape index (κ1) is 11.8. The van der Waals surface area contributed by atoms with Crippen LogP contribution >= 0.6 is 11.8 Å². The maximum absolute atomic E-state index is 13.2. The van der Waals surface area contributed by atoms with Crippen LogP contribution < -0.4 is 4.74 Å². The Balaban J connectivity index is 2.62. The molecule has 0 spiro atoms. The number of hydrogen-bond acceptors (Lipinski definition) is 3. The Labute approximate surface area is 91.2 Å². The number of thioether (sulfide) groups is 1. The normalized spacial score (nSPS) is 10.0. The maximum atomic E-state index is 13.2. The molecule has 5 heteroatoms. The van der Waals surface area contributed by atoms with Crippen LogP contribution in [0, 0.1) is 5.82 Å². The summed E-state index contributed by atoms with van der Waals surface area (Å²) in [6.45, 7) is 0. The molecule has 0 saturated carbocycles. The van der Waals surface area contributed by atoms with Crippen molar-refractivity contribution in [1.82, 2.24) is 0 Å². The second kappa shape index (κ2) is 5.60. The zero-order valence-corrected chi connectivity index (χ0v) is 9.01. The van der Waals surface area contributed by atoms with Gasteiger partial charge in [0, 0.05) is 11.3 Å². The Hall–Kier alpha value is -1.23.